The van der Waals surface area contributed by atoms with Gasteiger partial charge in [-0.15, -0.1) is 0 Å². The number of hydrogen-bond donors (Lipinski definition) is 1. The van der Waals surface area contributed by atoms with Crippen molar-refractivity contribution in [1.29, 1.82) is 0 Å². The van der Waals surface area contributed by atoms with Crippen LogP contribution in [0.3, 0.4) is 0 Å². The van der Waals surface area contributed by atoms with Crippen LogP contribution < -0.4 is 9.64 Å². The van der Waals surface area contributed by atoms with E-state index < -0.39 is 6.10 Å². The summed E-state index contributed by atoms with van der Waals surface area (Å²) in [7, 11) is 1.65. The van der Waals surface area contributed by atoms with Crippen molar-refractivity contribution in [2.45, 2.75) is 33.0 Å². The highest BCUT2D eigenvalue weighted by Gasteiger charge is 2.18. The number of aliphatic hydroxyl groups is 1. The third-order valence-electron chi connectivity index (χ3n) is 6.08. The minimum absolute atomic E-state index is 0.679. The molecule has 1 atom stereocenters. The summed E-state index contributed by atoms with van der Waals surface area (Å²) in [6.45, 7) is 5.80. The molecule has 0 saturated heterocycles. The van der Waals surface area contributed by atoms with Gasteiger partial charge in [0, 0.05) is 18.8 Å². The van der Waals surface area contributed by atoms with E-state index in [0.717, 1.165) is 46.8 Å². The zero-order chi connectivity index (χ0) is 23.2. The lowest BCUT2D eigenvalue weighted by atomic mass is 9.92. The van der Waals surface area contributed by atoms with Gasteiger partial charge < -0.3 is 14.7 Å². The summed E-state index contributed by atoms with van der Waals surface area (Å²) in [5.74, 6) is 0.784. The van der Waals surface area contributed by atoms with E-state index in [-0.39, 0.29) is 0 Å². The van der Waals surface area contributed by atoms with Gasteiger partial charge >= 0.3 is 0 Å². The largest absolute Gasteiger partial charge is 0.497 e. The first-order valence-electron chi connectivity index (χ1n) is 11.3. The van der Waals surface area contributed by atoms with Gasteiger partial charge in [-0.25, -0.2) is 0 Å². The molecule has 0 spiro atoms. The average molecular weight is 438 g/mol. The molecular weight excluding hydrogens is 406 g/mol. The second-order valence-electron chi connectivity index (χ2n) is 8.50. The molecule has 0 bridgehead atoms. The molecule has 0 saturated carbocycles. The minimum atomic E-state index is -0.679. The SMILES string of the molecule is COc1ccc(C(O)c2c(C)cc(N(Cc3ccccc3)Cc3ccccc3)cc2C)cc1. The predicted molar refractivity (Wildman–Crippen MR) is 136 cm³/mol. The van der Waals surface area contributed by atoms with Crippen molar-refractivity contribution < 1.29 is 9.84 Å². The van der Waals surface area contributed by atoms with Gasteiger partial charge in [-0.2, -0.15) is 0 Å². The van der Waals surface area contributed by atoms with E-state index in [1.54, 1.807) is 7.11 Å². The first-order chi connectivity index (χ1) is 16.0. The van der Waals surface area contributed by atoms with Crippen molar-refractivity contribution in [3.8, 4) is 5.75 Å². The monoisotopic (exact) mass is 437 g/mol. The maximum absolute atomic E-state index is 11.2. The third kappa shape index (κ3) is 5.44. The number of hydrogen-bond acceptors (Lipinski definition) is 3. The van der Waals surface area contributed by atoms with Crippen LogP contribution in [0.1, 0.15) is 39.5 Å². The van der Waals surface area contributed by atoms with Crippen LogP contribution in [0, 0.1) is 13.8 Å². The minimum Gasteiger partial charge on any atom is -0.497 e. The Kier molecular flexibility index (Phi) is 7.11. The van der Waals surface area contributed by atoms with Crippen LogP contribution in [0.25, 0.3) is 0 Å². The Morgan fingerprint density at radius 1 is 0.727 bits per heavy atom. The van der Waals surface area contributed by atoms with E-state index in [1.807, 2.05) is 24.3 Å². The molecule has 3 heteroatoms. The number of ether oxygens (including phenoxy) is 1. The fourth-order valence-corrected chi connectivity index (χ4v) is 4.36. The average Bonchev–Trinajstić information content (AvgIpc) is 2.84. The van der Waals surface area contributed by atoms with Crippen LogP contribution in [0.15, 0.2) is 97.1 Å². The van der Waals surface area contributed by atoms with Gasteiger partial charge in [0.2, 0.25) is 0 Å². The summed E-state index contributed by atoms with van der Waals surface area (Å²) in [6, 6.07) is 33.1. The highest BCUT2D eigenvalue weighted by molar-refractivity contribution is 5.56. The normalized spacial score (nSPS) is 11.8. The van der Waals surface area contributed by atoms with Crippen molar-refractivity contribution >= 4 is 5.69 Å². The molecule has 33 heavy (non-hydrogen) atoms. The van der Waals surface area contributed by atoms with Crippen LogP contribution in [-0.2, 0) is 13.1 Å². The standard InChI is InChI=1S/C30H31NO2/c1-22-18-27(19-23(2)29(22)30(32)26-14-16-28(33-3)17-15-26)31(20-24-10-6-4-7-11-24)21-25-12-8-5-9-13-25/h4-19,30,32H,20-21H2,1-3H3. The summed E-state index contributed by atoms with van der Waals surface area (Å²) < 4.78 is 5.25. The first kappa shape index (κ1) is 22.6. The quantitative estimate of drug-likeness (QED) is 0.337. The van der Waals surface area contributed by atoms with Crippen LogP contribution in [0.2, 0.25) is 0 Å². The van der Waals surface area contributed by atoms with Crippen molar-refractivity contribution in [1.82, 2.24) is 0 Å². The van der Waals surface area contributed by atoms with Crippen molar-refractivity contribution in [2.75, 3.05) is 12.0 Å². The van der Waals surface area contributed by atoms with Crippen LogP contribution in [0.4, 0.5) is 5.69 Å². The van der Waals surface area contributed by atoms with Crippen molar-refractivity contribution in [3.63, 3.8) is 0 Å². The molecule has 3 nitrogen and oxygen atoms in total. The van der Waals surface area contributed by atoms with Crippen LogP contribution >= 0.6 is 0 Å². The fraction of sp³-hybridized carbons (Fsp3) is 0.200. The number of nitrogens with zero attached hydrogens (tertiary/aromatic N) is 1. The second-order valence-corrected chi connectivity index (χ2v) is 8.50. The Balaban J connectivity index is 1.67. The van der Waals surface area contributed by atoms with Gasteiger partial charge in [0.15, 0.2) is 0 Å². The molecule has 0 heterocycles. The van der Waals surface area contributed by atoms with Crippen molar-refractivity contribution in [3.05, 3.63) is 130 Å². The highest BCUT2D eigenvalue weighted by atomic mass is 16.5. The molecule has 0 radical (unpaired) electrons. The molecule has 0 aliphatic heterocycles. The maximum atomic E-state index is 11.2. The Labute approximate surface area is 196 Å². The lowest BCUT2D eigenvalue weighted by Gasteiger charge is -2.28. The molecule has 0 aliphatic carbocycles. The van der Waals surface area contributed by atoms with E-state index >= 15 is 0 Å². The Hall–Kier alpha value is -3.56. The van der Waals surface area contributed by atoms with Gasteiger partial charge in [0.1, 0.15) is 11.9 Å². The Bertz CT molecular complexity index is 1110. The van der Waals surface area contributed by atoms with Gasteiger partial charge in [-0.1, -0.05) is 72.8 Å². The van der Waals surface area contributed by atoms with Gasteiger partial charge in [0.05, 0.1) is 7.11 Å². The molecule has 168 valence electrons. The number of methoxy groups -OCH3 is 1. The number of anilines is 1. The summed E-state index contributed by atoms with van der Waals surface area (Å²) in [5.41, 5.74) is 7.68. The number of aliphatic hydroxyl groups excluding tert-OH is 1. The first-order valence-corrected chi connectivity index (χ1v) is 11.3. The van der Waals surface area contributed by atoms with E-state index in [1.165, 1.54) is 11.1 Å². The zero-order valence-electron chi connectivity index (χ0n) is 19.5. The van der Waals surface area contributed by atoms with Gasteiger partial charge in [0.25, 0.3) is 0 Å². The molecule has 0 aromatic heterocycles. The molecule has 4 aromatic rings. The fourth-order valence-electron chi connectivity index (χ4n) is 4.36. The van der Waals surface area contributed by atoms with E-state index in [4.69, 9.17) is 4.74 Å². The molecule has 1 unspecified atom stereocenters. The van der Waals surface area contributed by atoms with Gasteiger partial charge in [-0.05, 0) is 71.5 Å². The van der Waals surface area contributed by atoms with Crippen LogP contribution in [0.5, 0.6) is 5.75 Å². The third-order valence-corrected chi connectivity index (χ3v) is 6.08. The lowest BCUT2D eigenvalue weighted by molar-refractivity contribution is 0.218. The zero-order valence-corrected chi connectivity index (χ0v) is 19.5. The molecule has 4 aromatic carbocycles. The topological polar surface area (TPSA) is 32.7 Å². The molecule has 0 aliphatic rings. The van der Waals surface area contributed by atoms with Gasteiger partial charge in [-0.3, -0.25) is 0 Å². The Morgan fingerprint density at radius 3 is 1.67 bits per heavy atom. The summed E-state index contributed by atoms with van der Waals surface area (Å²) in [5, 5.41) is 11.2. The molecular formula is C30H31NO2. The smallest absolute Gasteiger partial charge is 0.118 e. The highest BCUT2D eigenvalue weighted by Crippen LogP contribution is 2.33. The molecule has 4 rings (SSSR count). The van der Waals surface area contributed by atoms with E-state index in [0.29, 0.717) is 0 Å². The van der Waals surface area contributed by atoms with E-state index in [2.05, 4.69) is 91.5 Å². The number of benzene rings is 4. The number of aryl methyl sites for hydroxylation is 2. The molecule has 0 amide bonds. The second kappa shape index (κ2) is 10.4. The number of rotatable bonds is 8. The summed E-state index contributed by atoms with van der Waals surface area (Å²) in [4.78, 5) is 2.40. The predicted octanol–water partition coefficient (Wildman–Crippen LogP) is 6.60. The lowest BCUT2D eigenvalue weighted by Crippen LogP contribution is -2.22. The Morgan fingerprint density at radius 2 is 1.21 bits per heavy atom. The summed E-state index contributed by atoms with van der Waals surface area (Å²) >= 11 is 0. The molecule has 0 fully saturated rings. The van der Waals surface area contributed by atoms with E-state index in [9.17, 15) is 5.11 Å². The van der Waals surface area contributed by atoms with Crippen molar-refractivity contribution in [2.24, 2.45) is 0 Å². The maximum Gasteiger partial charge on any atom is 0.118 e. The van der Waals surface area contributed by atoms with Crippen LogP contribution in [-0.4, -0.2) is 12.2 Å². The summed E-state index contributed by atoms with van der Waals surface area (Å²) in [6.07, 6.45) is -0.679. The molecule has 1 N–H and O–H groups in total.